The van der Waals surface area contributed by atoms with Gasteiger partial charge in [-0.2, -0.15) is 0 Å². The van der Waals surface area contributed by atoms with E-state index in [4.69, 9.17) is 15.2 Å². The SMILES string of the molecule is CCOC(=O)C1=C(N)[C@@]2(C(=O)Nc3ccccc32)C2=C(CC(C)(C)CC2=O)O1. The molecule has 4 rings (SSSR count). The summed E-state index contributed by atoms with van der Waals surface area (Å²) in [5.74, 6) is -1.33. The molecule has 1 amide bonds. The average molecular weight is 382 g/mol. The largest absolute Gasteiger partial charge is 0.460 e. The average Bonchev–Trinajstić information content (AvgIpc) is 2.90. The van der Waals surface area contributed by atoms with Crippen molar-refractivity contribution in [3.05, 3.63) is 52.6 Å². The van der Waals surface area contributed by atoms with Gasteiger partial charge in [0.1, 0.15) is 5.76 Å². The lowest BCUT2D eigenvalue weighted by molar-refractivity contribution is -0.143. The standard InChI is InChI=1S/C21H22N2O5/c1-4-27-18(25)16-17(22)21(11-7-5-6-8-12(11)23-19(21)26)15-13(24)9-20(2,3)10-14(15)28-16/h5-8H,4,9-10,22H2,1-3H3,(H,23,26)/t21-/m0/s1. The Labute approximate surface area is 162 Å². The predicted molar refractivity (Wildman–Crippen MR) is 101 cm³/mol. The van der Waals surface area contributed by atoms with Crippen LogP contribution in [0.4, 0.5) is 5.69 Å². The van der Waals surface area contributed by atoms with E-state index >= 15 is 0 Å². The van der Waals surface area contributed by atoms with Crippen LogP contribution in [0.25, 0.3) is 0 Å². The molecular formula is C21H22N2O5. The quantitative estimate of drug-likeness (QED) is 0.760. The van der Waals surface area contributed by atoms with Crippen LogP contribution in [-0.4, -0.2) is 24.3 Å². The van der Waals surface area contributed by atoms with E-state index in [2.05, 4.69) is 5.32 Å². The molecule has 146 valence electrons. The molecule has 0 unspecified atom stereocenters. The lowest BCUT2D eigenvalue weighted by Crippen LogP contribution is -2.50. The van der Waals surface area contributed by atoms with Crippen molar-refractivity contribution in [2.45, 2.75) is 39.0 Å². The van der Waals surface area contributed by atoms with Crippen molar-refractivity contribution in [3.8, 4) is 0 Å². The summed E-state index contributed by atoms with van der Waals surface area (Å²) in [5, 5.41) is 2.81. The van der Waals surface area contributed by atoms with Crippen molar-refractivity contribution >= 4 is 23.3 Å². The van der Waals surface area contributed by atoms with Crippen molar-refractivity contribution < 1.29 is 23.9 Å². The molecule has 0 aromatic heterocycles. The number of nitrogens with two attached hydrogens (primary N) is 1. The van der Waals surface area contributed by atoms with Gasteiger partial charge in [-0.25, -0.2) is 4.79 Å². The van der Waals surface area contributed by atoms with Gasteiger partial charge in [0, 0.05) is 24.1 Å². The number of rotatable bonds is 2. The van der Waals surface area contributed by atoms with Crippen LogP contribution in [0.1, 0.15) is 39.2 Å². The van der Waals surface area contributed by atoms with E-state index in [1.807, 2.05) is 13.8 Å². The van der Waals surface area contributed by atoms with Crippen molar-refractivity contribution in [1.29, 1.82) is 0 Å². The zero-order valence-electron chi connectivity index (χ0n) is 16.0. The molecule has 0 saturated heterocycles. The van der Waals surface area contributed by atoms with Gasteiger partial charge in [-0.05, 0) is 18.4 Å². The molecule has 3 aliphatic rings. The molecule has 7 nitrogen and oxygen atoms in total. The van der Waals surface area contributed by atoms with Crippen molar-refractivity contribution in [2.24, 2.45) is 11.1 Å². The molecule has 0 saturated carbocycles. The summed E-state index contributed by atoms with van der Waals surface area (Å²) in [5.41, 5.74) is 5.67. The van der Waals surface area contributed by atoms with E-state index in [-0.39, 0.29) is 41.3 Å². The van der Waals surface area contributed by atoms with E-state index in [0.717, 1.165) is 0 Å². The minimum absolute atomic E-state index is 0.111. The fourth-order valence-corrected chi connectivity index (χ4v) is 4.37. The number of anilines is 1. The fraction of sp³-hybridized carbons (Fsp3) is 0.381. The van der Waals surface area contributed by atoms with Gasteiger partial charge in [-0.15, -0.1) is 0 Å². The summed E-state index contributed by atoms with van der Waals surface area (Å²) in [6, 6.07) is 7.04. The van der Waals surface area contributed by atoms with Gasteiger partial charge >= 0.3 is 5.97 Å². The second-order valence-electron chi connectivity index (χ2n) is 8.05. The zero-order chi connectivity index (χ0) is 20.3. The zero-order valence-corrected chi connectivity index (χ0v) is 16.0. The number of ketones is 1. The molecule has 1 atom stereocenters. The summed E-state index contributed by atoms with van der Waals surface area (Å²) in [7, 11) is 0. The Bertz CT molecular complexity index is 988. The van der Waals surface area contributed by atoms with Crippen LogP contribution in [0, 0.1) is 5.41 Å². The molecule has 1 spiro atoms. The lowest BCUT2D eigenvalue weighted by Gasteiger charge is -2.41. The Morgan fingerprint density at radius 3 is 2.68 bits per heavy atom. The molecular weight excluding hydrogens is 360 g/mol. The van der Waals surface area contributed by atoms with E-state index in [0.29, 0.717) is 23.4 Å². The number of fused-ring (bicyclic) bond motifs is 3. The highest BCUT2D eigenvalue weighted by molar-refractivity contribution is 6.19. The molecule has 0 bridgehead atoms. The lowest BCUT2D eigenvalue weighted by atomic mass is 9.63. The fourth-order valence-electron chi connectivity index (χ4n) is 4.37. The van der Waals surface area contributed by atoms with E-state index in [1.165, 1.54) is 0 Å². The van der Waals surface area contributed by atoms with Gasteiger partial charge in [0.25, 0.3) is 0 Å². The number of para-hydroxylation sites is 1. The maximum atomic E-state index is 13.3. The summed E-state index contributed by atoms with van der Waals surface area (Å²) < 4.78 is 10.9. The van der Waals surface area contributed by atoms with E-state index in [9.17, 15) is 14.4 Å². The summed E-state index contributed by atoms with van der Waals surface area (Å²) in [6.07, 6.45) is 0.663. The first-order valence-electron chi connectivity index (χ1n) is 9.25. The van der Waals surface area contributed by atoms with E-state index < -0.39 is 17.3 Å². The normalized spacial score (nSPS) is 25.2. The first-order valence-corrected chi connectivity index (χ1v) is 9.25. The van der Waals surface area contributed by atoms with Gasteiger partial charge < -0.3 is 20.5 Å². The van der Waals surface area contributed by atoms with Crippen LogP contribution in [0.5, 0.6) is 0 Å². The molecule has 2 aliphatic heterocycles. The molecule has 1 aromatic carbocycles. The second kappa shape index (κ2) is 5.95. The number of benzene rings is 1. The Morgan fingerprint density at radius 1 is 1.25 bits per heavy atom. The van der Waals surface area contributed by atoms with Gasteiger partial charge in [0.05, 0.1) is 17.9 Å². The van der Waals surface area contributed by atoms with Gasteiger partial charge in [0.2, 0.25) is 11.7 Å². The predicted octanol–water partition coefficient (Wildman–Crippen LogP) is 2.28. The highest BCUT2D eigenvalue weighted by Crippen LogP contribution is 2.55. The van der Waals surface area contributed by atoms with Gasteiger partial charge in [0.15, 0.2) is 11.2 Å². The Hall–Kier alpha value is -3.09. The smallest absolute Gasteiger partial charge is 0.376 e. The number of carbonyl (C=O) groups excluding carboxylic acids is 3. The number of nitrogens with one attached hydrogen (secondary N) is 1. The minimum atomic E-state index is -1.58. The van der Waals surface area contributed by atoms with Crippen LogP contribution >= 0.6 is 0 Å². The summed E-state index contributed by atoms with van der Waals surface area (Å²) in [6.45, 7) is 5.69. The molecule has 1 aromatic rings. The number of esters is 1. The summed E-state index contributed by atoms with van der Waals surface area (Å²) >= 11 is 0. The molecule has 0 radical (unpaired) electrons. The third kappa shape index (κ3) is 2.32. The van der Waals surface area contributed by atoms with Gasteiger partial charge in [-0.1, -0.05) is 32.0 Å². The number of hydrogen-bond acceptors (Lipinski definition) is 6. The second-order valence-corrected chi connectivity index (χ2v) is 8.05. The molecule has 7 heteroatoms. The van der Waals surface area contributed by atoms with Crippen molar-refractivity contribution in [2.75, 3.05) is 11.9 Å². The Morgan fingerprint density at radius 2 is 1.96 bits per heavy atom. The molecule has 2 heterocycles. The highest BCUT2D eigenvalue weighted by Gasteiger charge is 2.60. The van der Waals surface area contributed by atoms with Crippen LogP contribution in [-0.2, 0) is 29.3 Å². The van der Waals surface area contributed by atoms with Gasteiger partial charge in [-0.3, -0.25) is 9.59 Å². The molecule has 3 N–H and O–H groups in total. The maximum absolute atomic E-state index is 13.3. The van der Waals surface area contributed by atoms with E-state index in [1.54, 1.807) is 31.2 Å². The first kappa shape index (κ1) is 18.3. The van der Waals surface area contributed by atoms with Crippen LogP contribution in [0.2, 0.25) is 0 Å². The highest BCUT2D eigenvalue weighted by atomic mass is 16.6. The minimum Gasteiger partial charge on any atom is -0.460 e. The number of Topliss-reactive ketones (excluding diaryl/α,β-unsaturated/α-hetero) is 1. The Kier molecular flexibility index (Phi) is 3.89. The van der Waals surface area contributed by atoms with Crippen molar-refractivity contribution in [3.63, 3.8) is 0 Å². The van der Waals surface area contributed by atoms with Crippen LogP contribution < -0.4 is 11.1 Å². The Balaban J connectivity index is 2.03. The number of amides is 1. The van der Waals surface area contributed by atoms with Crippen LogP contribution in [0.15, 0.2) is 47.1 Å². The third-order valence-corrected chi connectivity index (χ3v) is 5.47. The first-order chi connectivity index (χ1) is 13.2. The molecule has 0 fully saturated rings. The molecule has 1 aliphatic carbocycles. The molecule has 28 heavy (non-hydrogen) atoms. The number of ether oxygens (including phenoxy) is 2. The topological polar surface area (TPSA) is 108 Å². The number of hydrogen-bond donors (Lipinski definition) is 2. The van der Waals surface area contributed by atoms with Crippen molar-refractivity contribution in [1.82, 2.24) is 0 Å². The maximum Gasteiger partial charge on any atom is 0.376 e. The third-order valence-electron chi connectivity index (χ3n) is 5.47. The summed E-state index contributed by atoms with van der Waals surface area (Å²) in [4.78, 5) is 39.0. The monoisotopic (exact) mass is 382 g/mol. The van der Waals surface area contributed by atoms with Crippen LogP contribution in [0.3, 0.4) is 0 Å². The number of allylic oxidation sites excluding steroid dienone is 1. The number of carbonyl (C=O) groups is 3.